The summed E-state index contributed by atoms with van der Waals surface area (Å²) in [7, 11) is -3.48. The van der Waals surface area contributed by atoms with Crippen LogP contribution in [0.4, 0.5) is 11.4 Å². The monoisotopic (exact) mass is 488 g/mol. The molecule has 0 saturated carbocycles. The predicted molar refractivity (Wildman–Crippen MR) is 112 cm³/mol. The summed E-state index contributed by atoms with van der Waals surface area (Å²) in [6, 6.07) is 11.5. The van der Waals surface area contributed by atoms with Crippen LogP contribution in [-0.2, 0) is 14.6 Å². The van der Waals surface area contributed by atoms with Gasteiger partial charge in [0.2, 0.25) is 5.91 Å². The third-order valence-corrected chi connectivity index (χ3v) is 5.40. The lowest BCUT2D eigenvalue weighted by Crippen LogP contribution is -2.32. The fraction of sp³-hybridized carbons (Fsp3) is 0.278. The number of benzene rings is 2. The van der Waals surface area contributed by atoms with Crippen LogP contribution >= 0.6 is 22.6 Å². The van der Waals surface area contributed by atoms with Gasteiger partial charge in [-0.15, -0.1) is 0 Å². The van der Waals surface area contributed by atoms with Gasteiger partial charge in [0.1, 0.15) is 11.8 Å². The van der Waals surface area contributed by atoms with Crippen molar-refractivity contribution in [2.24, 2.45) is 0 Å². The number of amides is 1. The van der Waals surface area contributed by atoms with Gasteiger partial charge < -0.3 is 15.4 Å². The average molecular weight is 488 g/mol. The number of anilines is 2. The summed E-state index contributed by atoms with van der Waals surface area (Å²) in [5.41, 5.74) is 1.04. The second kappa shape index (κ2) is 8.72. The van der Waals surface area contributed by atoms with Crippen LogP contribution in [0.2, 0.25) is 0 Å². The molecule has 2 rings (SSSR count). The molecule has 0 heterocycles. The number of rotatable bonds is 7. The number of hydrogen-bond donors (Lipinski definition) is 2. The van der Waals surface area contributed by atoms with E-state index in [1.807, 2.05) is 31.2 Å². The maximum Gasteiger partial charge on any atom is 0.246 e. The molecule has 0 saturated heterocycles. The molecule has 0 aliphatic heterocycles. The molecule has 1 unspecified atom stereocenters. The fourth-order valence-corrected chi connectivity index (χ4v) is 3.48. The Morgan fingerprint density at radius 1 is 1.19 bits per heavy atom. The Morgan fingerprint density at radius 3 is 2.42 bits per heavy atom. The Kier molecular flexibility index (Phi) is 6.87. The van der Waals surface area contributed by atoms with E-state index in [-0.39, 0.29) is 10.8 Å². The van der Waals surface area contributed by atoms with Gasteiger partial charge in [-0.2, -0.15) is 0 Å². The molecule has 2 aromatic carbocycles. The molecule has 0 aliphatic carbocycles. The van der Waals surface area contributed by atoms with Crippen molar-refractivity contribution >= 4 is 49.7 Å². The molecule has 2 aromatic rings. The van der Waals surface area contributed by atoms with Crippen molar-refractivity contribution in [3.05, 3.63) is 46.0 Å². The first kappa shape index (κ1) is 20.5. The Bertz CT molecular complexity index is 883. The summed E-state index contributed by atoms with van der Waals surface area (Å²) in [5.74, 6) is 0.203. The first-order chi connectivity index (χ1) is 12.2. The zero-order valence-corrected chi connectivity index (χ0v) is 17.7. The number of sulfone groups is 1. The van der Waals surface area contributed by atoms with Gasteiger partial charge in [0, 0.05) is 21.6 Å². The molecule has 1 atom stereocenters. The minimum absolute atomic E-state index is 0.0948. The summed E-state index contributed by atoms with van der Waals surface area (Å²) >= 11 is 2.19. The molecule has 1 amide bonds. The Labute approximate surface area is 167 Å². The van der Waals surface area contributed by atoms with Gasteiger partial charge in [-0.1, -0.05) is 0 Å². The van der Waals surface area contributed by atoms with Crippen LogP contribution in [0.1, 0.15) is 13.8 Å². The molecule has 6 nitrogen and oxygen atoms in total. The van der Waals surface area contributed by atoms with Crippen molar-refractivity contribution in [2.45, 2.75) is 24.8 Å². The SMILES string of the molecule is CCOc1ccc(NC(C)C(=O)Nc2ccc(I)cc2)c(S(C)(=O)=O)c1. The van der Waals surface area contributed by atoms with Crippen molar-refractivity contribution in [1.82, 2.24) is 0 Å². The molecular formula is C18H21IN2O4S. The Hall–Kier alpha value is -1.81. The highest BCUT2D eigenvalue weighted by Crippen LogP contribution is 2.27. The van der Waals surface area contributed by atoms with Gasteiger partial charge in [0.15, 0.2) is 9.84 Å². The maximum absolute atomic E-state index is 12.4. The number of hydrogen-bond acceptors (Lipinski definition) is 5. The number of carbonyl (C=O) groups excluding carboxylic acids is 1. The molecule has 0 spiro atoms. The van der Waals surface area contributed by atoms with Crippen LogP contribution < -0.4 is 15.4 Å². The van der Waals surface area contributed by atoms with Crippen LogP contribution in [0, 0.1) is 3.57 Å². The van der Waals surface area contributed by atoms with Crippen molar-refractivity contribution in [3.63, 3.8) is 0 Å². The molecule has 0 aromatic heterocycles. The topological polar surface area (TPSA) is 84.5 Å². The van der Waals surface area contributed by atoms with E-state index in [0.29, 0.717) is 23.7 Å². The lowest BCUT2D eigenvalue weighted by atomic mass is 10.2. The normalized spacial score (nSPS) is 12.3. The van der Waals surface area contributed by atoms with Gasteiger partial charge in [-0.05, 0) is 72.8 Å². The standard InChI is InChI=1S/C18H21IN2O4S/c1-4-25-15-9-10-16(17(11-15)26(3,23)24)20-12(2)18(22)21-14-7-5-13(19)6-8-14/h5-12,20H,4H2,1-3H3,(H,21,22). The second-order valence-corrected chi connectivity index (χ2v) is 8.96. The molecule has 2 N–H and O–H groups in total. The third-order valence-electron chi connectivity index (χ3n) is 3.54. The summed E-state index contributed by atoms with van der Waals surface area (Å²) < 4.78 is 30.6. The van der Waals surface area contributed by atoms with Crippen LogP contribution in [0.5, 0.6) is 5.75 Å². The van der Waals surface area contributed by atoms with E-state index >= 15 is 0 Å². The quantitative estimate of drug-likeness (QED) is 0.583. The number of ether oxygens (including phenoxy) is 1. The lowest BCUT2D eigenvalue weighted by Gasteiger charge is -2.18. The first-order valence-electron chi connectivity index (χ1n) is 8.00. The summed E-state index contributed by atoms with van der Waals surface area (Å²) in [5, 5.41) is 5.77. The van der Waals surface area contributed by atoms with Crippen LogP contribution in [0.3, 0.4) is 0 Å². The number of halogens is 1. The number of nitrogens with one attached hydrogen (secondary N) is 2. The molecule has 0 bridgehead atoms. The molecule has 140 valence electrons. The van der Waals surface area contributed by atoms with Gasteiger partial charge in [0.25, 0.3) is 0 Å². The highest BCUT2D eigenvalue weighted by Gasteiger charge is 2.19. The fourth-order valence-electron chi connectivity index (χ4n) is 2.27. The molecule has 0 aliphatic rings. The van der Waals surface area contributed by atoms with Crippen molar-refractivity contribution in [1.29, 1.82) is 0 Å². The highest BCUT2D eigenvalue weighted by molar-refractivity contribution is 14.1. The van der Waals surface area contributed by atoms with Gasteiger partial charge in [-0.3, -0.25) is 4.79 Å². The van der Waals surface area contributed by atoms with E-state index < -0.39 is 15.9 Å². The van der Waals surface area contributed by atoms with Crippen molar-refractivity contribution < 1.29 is 17.9 Å². The third kappa shape index (κ3) is 5.60. The molecule has 0 fully saturated rings. The molecule has 0 radical (unpaired) electrons. The van der Waals surface area contributed by atoms with Crippen LogP contribution in [0.25, 0.3) is 0 Å². The van der Waals surface area contributed by atoms with E-state index in [2.05, 4.69) is 33.2 Å². The van der Waals surface area contributed by atoms with Crippen LogP contribution in [0.15, 0.2) is 47.4 Å². The molecule has 8 heteroatoms. The van der Waals surface area contributed by atoms with Gasteiger partial charge in [0.05, 0.1) is 17.2 Å². The summed E-state index contributed by atoms with van der Waals surface area (Å²) in [4.78, 5) is 12.5. The van der Waals surface area contributed by atoms with E-state index in [1.54, 1.807) is 19.1 Å². The zero-order valence-electron chi connectivity index (χ0n) is 14.7. The minimum Gasteiger partial charge on any atom is -0.494 e. The Morgan fingerprint density at radius 2 is 1.85 bits per heavy atom. The summed E-state index contributed by atoms with van der Waals surface area (Å²) in [6.07, 6.45) is 1.12. The Balaban J connectivity index is 2.18. The summed E-state index contributed by atoms with van der Waals surface area (Å²) in [6.45, 7) is 3.93. The maximum atomic E-state index is 12.4. The highest BCUT2D eigenvalue weighted by atomic mass is 127. The smallest absolute Gasteiger partial charge is 0.246 e. The van der Waals surface area contributed by atoms with E-state index in [9.17, 15) is 13.2 Å². The van der Waals surface area contributed by atoms with E-state index in [4.69, 9.17) is 4.74 Å². The van der Waals surface area contributed by atoms with Gasteiger partial charge >= 0.3 is 0 Å². The van der Waals surface area contributed by atoms with Gasteiger partial charge in [-0.25, -0.2) is 8.42 Å². The largest absolute Gasteiger partial charge is 0.494 e. The second-order valence-electron chi connectivity index (χ2n) is 5.73. The first-order valence-corrected chi connectivity index (χ1v) is 11.0. The van der Waals surface area contributed by atoms with Crippen LogP contribution in [-0.4, -0.2) is 33.2 Å². The van der Waals surface area contributed by atoms with Crippen molar-refractivity contribution in [3.8, 4) is 5.75 Å². The van der Waals surface area contributed by atoms with E-state index in [0.717, 1.165) is 9.83 Å². The zero-order chi connectivity index (χ0) is 19.3. The predicted octanol–water partition coefficient (Wildman–Crippen LogP) is 3.53. The van der Waals surface area contributed by atoms with Crippen molar-refractivity contribution in [2.75, 3.05) is 23.5 Å². The lowest BCUT2D eigenvalue weighted by molar-refractivity contribution is -0.116. The van der Waals surface area contributed by atoms with E-state index in [1.165, 1.54) is 6.07 Å². The average Bonchev–Trinajstić information content (AvgIpc) is 2.57. The number of carbonyl (C=O) groups is 1. The molecule has 26 heavy (non-hydrogen) atoms. The minimum atomic E-state index is -3.48. The molecular weight excluding hydrogens is 467 g/mol.